The summed E-state index contributed by atoms with van der Waals surface area (Å²) < 4.78 is 0. The predicted molar refractivity (Wildman–Crippen MR) is 80.9 cm³/mol. The van der Waals surface area contributed by atoms with Crippen LogP contribution in [0, 0.1) is 6.92 Å². The maximum atomic E-state index is 11.9. The Morgan fingerprint density at radius 2 is 2.29 bits per heavy atom. The second-order valence-electron chi connectivity index (χ2n) is 4.40. The van der Waals surface area contributed by atoms with Crippen LogP contribution >= 0.6 is 0 Å². The highest BCUT2D eigenvalue weighted by Gasteiger charge is 2.09. The van der Waals surface area contributed by atoms with Crippen LogP contribution < -0.4 is 10.6 Å². The quantitative estimate of drug-likeness (QED) is 0.789. The molecule has 108 valence electrons. The minimum absolute atomic E-state index is 0.246. The number of nitrogens with zero attached hydrogens (tertiary/aromatic N) is 3. The van der Waals surface area contributed by atoms with E-state index >= 15 is 0 Å². The first kappa shape index (κ1) is 14.6. The number of aryl methyl sites for hydroxylation is 1. The van der Waals surface area contributed by atoms with Crippen LogP contribution in [0.25, 0.3) is 0 Å². The zero-order valence-electron chi connectivity index (χ0n) is 11.8. The normalized spacial score (nSPS) is 9.95. The highest BCUT2D eigenvalue weighted by Crippen LogP contribution is 2.08. The van der Waals surface area contributed by atoms with Crippen molar-refractivity contribution >= 4 is 11.7 Å². The Hall–Kier alpha value is -2.76. The molecule has 6 nitrogen and oxygen atoms in total. The lowest BCUT2D eigenvalue weighted by Gasteiger charge is -2.08. The van der Waals surface area contributed by atoms with Crippen molar-refractivity contribution in [3.05, 3.63) is 60.3 Å². The standard InChI is InChI=1S/C15H17N5O/c1-3-6-17-15(21)13-8-14(20-11(2)19-13)18-10-12-5-4-7-16-9-12/h3-5,7-9H,1,6,10H2,2H3,(H,17,21)(H,18,19,20). The molecule has 2 aromatic heterocycles. The summed E-state index contributed by atoms with van der Waals surface area (Å²) in [6.07, 6.45) is 5.12. The topological polar surface area (TPSA) is 79.8 Å². The molecule has 21 heavy (non-hydrogen) atoms. The van der Waals surface area contributed by atoms with Gasteiger partial charge in [0.1, 0.15) is 17.3 Å². The fraction of sp³-hybridized carbons (Fsp3) is 0.200. The fourth-order valence-electron chi connectivity index (χ4n) is 1.73. The molecule has 0 aromatic carbocycles. The summed E-state index contributed by atoms with van der Waals surface area (Å²) in [5.74, 6) is 0.898. The SMILES string of the molecule is C=CCNC(=O)c1cc(NCc2cccnc2)nc(C)n1. The molecule has 0 fully saturated rings. The molecule has 2 rings (SSSR count). The molecule has 0 aliphatic carbocycles. The molecular formula is C15H17N5O. The average Bonchev–Trinajstić information content (AvgIpc) is 2.51. The van der Waals surface area contributed by atoms with E-state index in [2.05, 4.69) is 32.2 Å². The van der Waals surface area contributed by atoms with Crippen LogP contribution in [-0.2, 0) is 6.54 Å². The van der Waals surface area contributed by atoms with E-state index < -0.39 is 0 Å². The number of pyridine rings is 1. The third kappa shape index (κ3) is 4.38. The van der Waals surface area contributed by atoms with E-state index in [1.807, 2.05) is 12.1 Å². The Bertz CT molecular complexity index is 627. The molecule has 2 N–H and O–H groups in total. The van der Waals surface area contributed by atoms with Gasteiger partial charge in [0.15, 0.2) is 0 Å². The predicted octanol–water partition coefficient (Wildman–Crippen LogP) is 1.71. The maximum Gasteiger partial charge on any atom is 0.270 e. The van der Waals surface area contributed by atoms with E-state index in [-0.39, 0.29) is 5.91 Å². The second-order valence-corrected chi connectivity index (χ2v) is 4.40. The first-order valence-electron chi connectivity index (χ1n) is 6.56. The van der Waals surface area contributed by atoms with Gasteiger partial charge in [-0.3, -0.25) is 9.78 Å². The molecule has 0 unspecified atom stereocenters. The third-order valence-electron chi connectivity index (χ3n) is 2.67. The molecule has 0 atom stereocenters. The lowest BCUT2D eigenvalue weighted by Crippen LogP contribution is -2.24. The van der Waals surface area contributed by atoms with Gasteiger partial charge in [0.25, 0.3) is 5.91 Å². The van der Waals surface area contributed by atoms with Crippen LogP contribution in [0.5, 0.6) is 0 Å². The Morgan fingerprint density at radius 1 is 1.43 bits per heavy atom. The lowest BCUT2D eigenvalue weighted by atomic mass is 10.3. The maximum absolute atomic E-state index is 11.9. The van der Waals surface area contributed by atoms with Crippen LogP contribution in [0.3, 0.4) is 0 Å². The van der Waals surface area contributed by atoms with Gasteiger partial charge in [-0.25, -0.2) is 9.97 Å². The van der Waals surface area contributed by atoms with Crippen molar-refractivity contribution in [2.75, 3.05) is 11.9 Å². The first-order chi connectivity index (χ1) is 10.2. The van der Waals surface area contributed by atoms with E-state index in [9.17, 15) is 4.79 Å². The van der Waals surface area contributed by atoms with Gasteiger partial charge < -0.3 is 10.6 Å². The van der Waals surface area contributed by atoms with E-state index in [1.165, 1.54) is 0 Å². The number of anilines is 1. The van der Waals surface area contributed by atoms with Gasteiger partial charge in [-0.15, -0.1) is 6.58 Å². The van der Waals surface area contributed by atoms with Crippen molar-refractivity contribution in [2.24, 2.45) is 0 Å². The number of carbonyl (C=O) groups excluding carboxylic acids is 1. The number of rotatable bonds is 6. The van der Waals surface area contributed by atoms with Crippen molar-refractivity contribution in [3.63, 3.8) is 0 Å². The summed E-state index contributed by atoms with van der Waals surface area (Å²) in [6, 6.07) is 5.46. The Morgan fingerprint density at radius 3 is 3.00 bits per heavy atom. The van der Waals surface area contributed by atoms with Crippen molar-refractivity contribution in [3.8, 4) is 0 Å². The van der Waals surface area contributed by atoms with Crippen LogP contribution in [0.4, 0.5) is 5.82 Å². The smallest absolute Gasteiger partial charge is 0.270 e. The summed E-state index contributed by atoms with van der Waals surface area (Å²) >= 11 is 0. The number of nitrogens with one attached hydrogen (secondary N) is 2. The van der Waals surface area contributed by atoms with Crippen LogP contribution in [0.1, 0.15) is 21.9 Å². The Balaban J connectivity index is 2.08. The van der Waals surface area contributed by atoms with Crippen molar-refractivity contribution < 1.29 is 4.79 Å². The lowest BCUT2D eigenvalue weighted by molar-refractivity contribution is 0.0952. The van der Waals surface area contributed by atoms with Crippen LogP contribution in [0.2, 0.25) is 0 Å². The summed E-state index contributed by atoms with van der Waals surface area (Å²) in [4.78, 5) is 24.3. The van der Waals surface area contributed by atoms with Gasteiger partial charge in [0.05, 0.1) is 0 Å². The molecule has 0 aliphatic rings. The zero-order chi connectivity index (χ0) is 15.1. The van der Waals surface area contributed by atoms with Gasteiger partial charge in [0.2, 0.25) is 0 Å². The van der Waals surface area contributed by atoms with E-state index in [0.717, 1.165) is 5.56 Å². The van der Waals surface area contributed by atoms with Crippen LogP contribution in [-0.4, -0.2) is 27.4 Å². The molecule has 0 radical (unpaired) electrons. The molecule has 6 heteroatoms. The van der Waals surface area contributed by atoms with Crippen molar-refractivity contribution in [1.29, 1.82) is 0 Å². The summed E-state index contributed by atoms with van der Waals surface area (Å²) in [7, 11) is 0. The molecule has 0 saturated heterocycles. The Labute approximate surface area is 123 Å². The average molecular weight is 283 g/mol. The zero-order valence-corrected chi connectivity index (χ0v) is 11.8. The highest BCUT2D eigenvalue weighted by atomic mass is 16.1. The van der Waals surface area contributed by atoms with Gasteiger partial charge in [-0.1, -0.05) is 12.1 Å². The summed E-state index contributed by atoms with van der Waals surface area (Å²) in [6.45, 7) is 6.29. The van der Waals surface area contributed by atoms with Gasteiger partial charge >= 0.3 is 0 Å². The minimum Gasteiger partial charge on any atom is -0.366 e. The fourth-order valence-corrected chi connectivity index (χ4v) is 1.73. The van der Waals surface area contributed by atoms with E-state index in [1.54, 1.807) is 31.5 Å². The summed E-state index contributed by atoms with van der Waals surface area (Å²) in [5.41, 5.74) is 1.37. The minimum atomic E-state index is -0.246. The largest absolute Gasteiger partial charge is 0.366 e. The van der Waals surface area contributed by atoms with Gasteiger partial charge in [-0.05, 0) is 18.6 Å². The molecule has 2 aromatic rings. The third-order valence-corrected chi connectivity index (χ3v) is 2.67. The number of amides is 1. The van der Waals surface area contributed by atoms with Crippen LogP contribution in [0.15, 0.2) is 43.2 Å². The Kier molecular flexibility index (Phi) is 4.98. The highest BCUT2D eigenvalue weighted by molar-refractivity contribution is 5.93. The molecule has 1 amide bonds. The molecular weight excluding hydrogens is 266 g/mol. The number of hydrogen-bond donors (Lipinski definition) is 2. The first-order valence-corrected chi connectivity index (χ1v) is 6.56. The molecule has 0 bridgehead atoms. The van der Waals surface area contributed by atoms with Gasteiger partial charge in [0, 0.05) is 31.5 Å². The number of hydrogen-bond acceptors (Lipinski definition) is 5. The molecule has 0 saturated carbocycles. The molecule has 0 aliphatic heterocycles. The van der Waals surface area contributed by atoms with E-state index in [4.69, 9.17) is 0 Å². The number of aromatic nitrogens is 3. The monoisotopic (exact) mass is 283 g/mol. The van der Waals surface area contributed by atoms with Crippen molar-refractivity contribution in [2.45, 2.75) is 13.5 Å². The van der Waals surface area contributed by atoms with E-state index in [0.29, 0.717) is 30.4 Å². The summed E-state index contributed by atoms with van der Waals surface area (Å²) in [5, 5.41) is 5.85. The second kappa shape index (κ2) is 7.14. The number of carbonyl (C=O) groups is 1. The molecule has 2 heterocycles. The van der Waals surface area contributed by atoms with Crippen molar-refractivity contribution in [1.82, 2.24) is 20.3 Å². The van der Waals surface area contributed by atoms with Gasteiger partial charge in [-0.2, -0.15) is 0 Å². The molecule has 0 spiro atoms.